The van der Waals surface area contributed by atoms with Gasteiger partial charge in [-0.1, -0.05) is 83.1 Å². The van der Waals surface area contributed by atoms with Crippen molar-refractivity contribution in [1.82, 2.24) is 0 Å². The maximum atomic E-state index is 6.50. The molecule has 2 aliphatic rings. The Kier molecular flexibility index (Phi) is 7.83. The third-order valence-electron chi connectivity index (χ3n) is 6.04. The van der Waals surface area contributed by atoms with Crippen molar-refractivity contribution in [2.45, 2.75) is 146 Å². The standard InChI is InChI=1S/C26H50O4/c1-23(2,3)15-17-13-19(25(7,8)9)29-21(27-17)22-28-18(16-24(4,5)6)14-20(30-22)26(10,11)12/h17-22H,13-16H2,1-12H3. The van der Waals surface area contributed by atoms with Gasteiger partial charge in [-0.3, -0.25) is 0 Å². The van der Waals surface area contributed by atoms with Crippen molar-refractivity contribution in [3.05, 3.63) is 0 Å². The smallest absolute Gasteiger partial charge is 0.210 e. The van der Waals surface area contributed by atoms with Crippen molar-refractivity contribution in [3.63, 3.8) is 0 Å². The first kappa shape index (κ1) is 26.1. The third-order valence-corrected chi connectivity index (χ3v) is 6.04. The van der Waals surface area contributed by atoms with Crippen LogP contribution < -0.4 is 0 Å². The SMILES string of the molecule is CC(C)(C)CC1CC(C(C)(C)C)OC(C2OC(CC(C)(C)C)CC(C(C)(C)C)O2)O1. The second kappa shape index (κ2) is 9.00. The normalized spacial score (nSPS) is 34.8. The van der Waals surface area contributed by atoms with Crippen LogP contribution >= 0.6 is 0 Å². The summed E-state index contributed by atoms with van der Waals surface area (Å²) in [5, 5.41) is 0. The molecule has 30 heavy (non-hydrogen) atoms. The first-order chi connectivity index (χ1) is 13.3. The van der Waals surface area contributed by atoms with Crippen LogP contribution in [-0.2, 0) is 18.9 Å². The fourth-order valence-corrected chi connectivity index (χ4v) is 4.47. The van der Waals surface area contributed by atoms with E-state index in [1.807, 2.05) is 0 Å². The fourth-order valence-electron chi connectivity index (χ4n) is 4.47. The lowest BCUT2D eigenvalue weighted by atomic mass is 9.80. The Labute approximate surface area is 186 Å². The highest BCUT2D eigenvalue weighted by molar-refractivity contribution is 4.88. The lowest BCUT2D eigenvalue weighted by molar-refractivity contribution is -0.381. The first-order valence-electron chi connectivity index (χ1n) is 12.0. The van der Waals surface area contributed by atoms with Crippen LogP contribution in [0.2, 0.25) is 0 Å². The lowest BCUT2D eigenvalue weighted by Gasteiger charge is -2.49. The molecule has 2 saturated heterocycles. The molecule has 0 aliphatic carbocycles. The Balaban J connectivity index is 2.24. The van der Waals surface area contributed by atoms with E-state index in [1.54, 1.807) is 0 Å². The van der Waals surface area contributed by atoms with Gasteiger partial charge in [0.25, 0.3) is 0 Å². The van der Waals surface area contributed by atoms with Gasteiger partial charge >= 0.3 is 0 Å². The van der Waals surface area contributed by atoms with Crippen LogP contribution in [0.1, 0.15) is 109 Å². The molecular formula is C26H50O4. The highest BCUT2D eigenvalue weighted by Crippen LogP contribution is 2.41. The zero-order valence-corrected chi connectivity index (χ0v) is 21.9. The van der Waals surface area contributed by atoms with Crippen LogP contribution in [0.5, 0.6) is 0 Å². The maximum absolute atomic E-state index is 6.50. The maximum Gasteiger partial charge on any atom is 0.210 e. The Morgan fingerprint density at radius 1 is 0.500 bits per heavy atom. The molecule has 4 nitrogen and oxygen atoms in total. The Hall–Kier alpha value is -0.160. The van der Waals surface area contributed by atoms with Gasteiger partial charge in [0.05, 0.1) is 24.4 Å². The Bertz CT molecular complexity index is 493. The molecular weight excluding hydrogens is 376 g/mol. The van der Waals surface area contributed by atoms with Crippen LogP contribution in [0.25, 0.3) is 0 Å². The summed E-state index contributed by atoms with van der Waals surface area (Å²) < 4.78 is 26.0. The summed E-state index contributed by atoms with van der Waals surface area (Å²) in [7, 11) is 0. The molecule has 2 heterocycles. The summed E-state index contributed by atoms with van der Waals surface area (Å²) in [5.41, 5.74) is 0.486. The van der Waals surface area contributed by atoms with Gasteiger partial charge in [-0.2, -0.15) is 0 Å². The van der Waals surface area contributed by atoms with E-state index in [0.29, 0.717) is 0 Å². The van der Waals surface area contributed by atoms with Crippen LogP contribution in [0.3, 0.4) is 0 Å². The molecule has 0 aromatic rings. The number of rotatable bonds is 3. The van der Waals surface area contributed by atoms with Crippen molar-refractivity contribution in [1.29, 1.82) is 0 Å². The fraction of sp³-hybridized carbons (Fsp3) is 1.00. The predicted octanol–water partition coefficient (Wildman–Crippen LogP) is 6.95. The topological polar surface area (TPSA) is 36.9 Å². The molecule has 2 aliphatic heterocycles. The zero-order chi connectivity index (χ0) is 23.1. The molecule has 0 amide bonds. The van der Waals surface area contributed by atoms with E-state index in [9.17, 15) is 0 Å². The molecule has 0 N–H and O–H groups in total. The van der Waals surface area contributed by atoms with Gasteiger partial charge < -0.3 is 18.9 Å². The quantitative estimate of drug-likeness (QED) is 0.489. The molecule has 2 fully saturated rings. The Morgan fingerprint density at radius 3 is 1.03 bits per heavy atom. The minimum Gasteiger partial charge on any atom is -0.344 e. The van der Waals surface area contributed by atoms with E-state index in [4.69, 9.17) is 18.9 Å². The molecule has 0 aromatic carbocycles. The molecule has 4 heteroatoms. The molecule has 6 atom stereocenters. The van der Waals surface area contributed by atoms with E-state index in [-0.39, 0.29) is 46.1 Å². The van der Waals surface area contributed by atoms with Crippen molar-refractivity contribution >= 4 is 0 Å². The monoisotopic (exact) mass is 426 g/mol. The second-order valence-corrected chi connectivity index (χ2v) is 14.2. The van der Waals surface area contributed by atoms with Gasteiger partial charge in [-0.25, -0.2) is 0 Å². The van der Waals surface area contributed by atoms with Crippen LogP contribution in [0.4, 0.5) is 0 Å². The highest BCUT2D eigenvalue weighted by atomic mass is 16.8. The summed E-state index contributed by atoms with van der Waals surface area (Å²) in [6, 6.07) is 0. The summed E-state index contributed by atoms with van der Waals surface area (Å²) in [5.74, 6) is 0. The van der Waals surface area contributed by atoms with Crippen molar-refractivity contribution in [2.24, 2.45) is 21.7 Å². The highest BCUT2D eigenvalue weighted by Gasteiger charge is 2.46. The third kappa shape index (κ3) is 8.07. The van der Waals surface area contributed by atoms with E-state index in [2.05, 4.69) is 83.1 Å². The Morgan fingerprint density at radius 2 is 0.800 bits per heavy atom. The molecule has 0 saturated carbocycles. The lowest BCUT2D eigenvalue weighted by Crippen LogP contribution is -2.55. The van der Waals surface area contributed by atoms with Gasteiger partial charge in [0.2, 0.25) is 12.6 Å². The van der Waals surface area contributed by atoms with E-state index < -0.39 is 12.6 Å². The average Bonchev–Trinajstić information content (AvgIpc) is 2.49. The van der Waals surface area contributed by atoms with E-state index in [1.165, 1.54) is 0 Å². The molecule has 0 radical (unpaired) electrons. The van der Waals surface area contributed by atoms with E-state index >= 15 is 0 Å². The first-order valence-corrected chi connectivity index (χ1v) is 12.0. The van der Waals surface area contributed by atoms with Gasteiger partial charge in [-0.15, -0.1) is 0 Å². The molecule has 0 spiro atoms. The minimum atomic E-state index is -0.483. The van der Waals surface area contributed by atoms with Crippen LogP contribution in [-0.4, -0.2) is 37.0 Å². The molecule has 178 valence electrons. The van der Waals surface area contributed by atoms with Crippen LogP contribution in [0.15, 0.2) is 0 Å². The molecule has 2 rings (SSSR count). The van der Waals surface area contributed by atoms with Gasteiger partial charge in [0.1, 0.15) is 0 Å². The van der Waals surface area contributed by atoms with Crippen molar-refractivity contribution in [2.75, 3.05) is 0 Å². The van der Waals surface area contributed by atoms with Gasteiger partial charge in [-0.05, 0) is 34.5 Å². The predicted molar refractivity (Wildman–Crippen MR) is 123 cm³/mol. The van der Waals surface area contributed by atoms with Crippen molar-refractivity contribution < 1.29 is 18.9 Å². The van der Waals surface area contributed by atoms with Crippen molar-refractivity contribution in [3.8, 4) is 0 Å². The summed E-state index contributed by atoms with van der Waals surface area (Å²) in [6.45, 7) is 27.1. The molecule has 0 aromatic heterocycles. The van der Waals surface area contributed by atoms with Gasteiger partial charge in [0.15, 0.2) is 0 Å². The van der Waals surface area contributed by atoms with Gasteiger partial charge in [0, 0.05) is 12.8 Å². The summed E-state index contributed by atoms with van der Waals surface area (Å²) >= 11 is 0. The minimum absolute atomic E-state index is 0.0427. The zero-order valence-electron chi connectivity index (χ0n) is 21.9. The molecule has 0 bridgehead atoms. The largest absolute Gasteiger partial charge is 0.344 e. The second-order valence-electron chi connectivity index (χ2n) is 14.2. The van der Waals surface area contributed by atoms with E-state index in [0.717, 1.165) is 25.7 Å². The molecule has 6 unspecified atom stereocenters. The van der Waals surface area contributed by atoms with Crippen LogP contribution in [0, 0.1) is 21.7 Å². The number of hydrogen-bond acceptors (Lipinski definition) is 4. The number of ether oxygens (including phenoxy) is 4. The summed E-state index contributed by atoms with van der Waals surface area (Å²) in [4.78, 5) is 0. The summed E-state index contributed by atoms with van der Waals surface area (Å²) in [6.07, 6.45) is 3.40. The number of hydrogen-bond donors (Lipinski definition) is 0. The average molecular weight is 427 g/mol.